The highest BCUT2D eigenvalue weighted by Crippen LogP contribution is 2.24. The lowest BCUT2D eigenvalue weighted by Gasteiger charge is -2.40. The number of rotatable bonds is 28. The number of carbonyl (C=O) groups is 2. The standard InChI is InChI=1S/C33H62O12S/c1-3-5-7-9-11-12-13-14-16-18-20-22-29(35)44-26(23-42-28(34)21-19-17-15-10-8-6-4-2)24-43-33-32(38)31(37)30(36)27(45-33)25-46(39,40)41/h26-27,30-33,36-38H,3-25H2,1-2H3,(H,39,40,41)/t26-,27-,30-,31?,32?,33+/m1/s1. The van der Waals surface area contributed by atoms with Crippen molar-refractivity contribution in [1.82, 2.24) is 0 Å². The van der Waals surface area contributed by atoms with Gasteiger partial charge in [-0.3, -0.25) is 14.1 Å². The van der Waals surface area contributed by atoms with Gasteiger partial charge in [0.15, 0.2) is 12.4 Å². The smallest absolute Gasteiger partial charge is 0.306 e. The molecule has 13 heteroatoms. The Hall–Kier alpha value is -1.35. The van der Waals surface area contributed by atoms with Gasteiger partial charge in [0.2, 0.25) is 0 Å². The number of aliphatic hydroxyl groups is 3. The topological polar surface area (TPSA) is 186 Å². The summed E-state index contributed by atoms with van der Waals surface area (Å²) in [6.07, 6.45) is 10.6. The molecule has 2 unspecified atom stereocenters. The first-order valence-electron chi connectivity index (χ1n) is 17.6. The van der Waals surface area contributed by atoms with Crippen LogP contribution in [-0.4, -0.2) is 96.0 Å². The molecule has 46 heavy (non-hydrogen) atoms. The van der Waals surface area contributed by atoms with Crippen LogP contribution in [0.25, 0.3) is 0 Å². The number of hydrogen-bond donors (Lipinski definition) is 4. The molecule has 0 aromatic heterocycles. The first-order valence-corrected chi connectivity index (χ1v) is 19.2. The number of hydrogen-bond acceptors (Lipinski definition) is 11. The molecule has 0 bridgehead atoms. The first kappa shape index (κ1) is 42.7. The zero-order valence-electron chi connectivity index (χ0n) is 28.2. The van der Waals surface area contributed by atoms with Gasteiger partial charge in [-0.05, 0) is 12.8 Å². The van der Waals surface area contributed by atoms with Gasteiger partial charge in [-0.25, -0.2) is 0 Å². The Kier molecular flexibility index (Phi) is 23.8. The van der Waals surface area contributed by atoms with Gasteiger partial charge in [-0.2, -0.15) is 8.42 Å². The predicted octanol–water partition coefficient (Wildman–Crippen LogP) is 5.00. The second kappa shape index (κ2) is 25.6. The maximum Gasteiger partial charge on any atom is 0.306 e. The Morgan fingerprint density at radius 3 is 1.59 bits per heavy atom. The first-order chi connectivity index (χ1) is 22.0. The van der Waals surface area contributed by atoms with E-state index < -0.39 is 71.2 Å². The van der Waals surface area contributed by atoms with Crippen LogP contribution < -0.4 is 0 Å². The van der Waals surface area contributed by atoms with Gasteiger partial charge in [0, 0.05) is 12.8 Å². The van der Waals surface area contributed by atoms with Crippen LogP contribution in [0.1, 0.15) is 142 Å². The minimum absolute atomic E-state index is 0.170. The van der Waals surface area contributed by atoms with E-state index in [0.29, 0.717) is 12.8 Å². The average Bonchev–Trinajstić information content (AvgIpc) is 3.00. The summed E-state index contributed by atoms with van der Waals surface area (Å²) in [4.78, 5) is 25.0. The molecule has 0 aliphatic carbocycles. The van der Waals surface area contributed by atoms with E-state index in [-0.39, 0.29) is 19.4 Å². The zero-order valence-corrected chi connectivity index (χ0v) is 29.0. The molecule has 1 saturated heterocycles. The van der Waals surface area contributed by atoms with Gasteiger partial charge < -0.3 is 34.3 Å². The molecule has 1 heterocycles. The van der Waals surface area contributed by atoms with Crippen molar-refractivity contribution in [3.63, 3.8) is 0 Å². The van der Waals surface area contributed by atoms with Gasteiger partial charge >= 0.3 is 11.9 Å². The van der Waals surface area contributed by atoms with E-state index in [9.17, 15) is 33.3 Å². The molecule has 0 radical (unpaired) electrons. The molecule has 0 saturated carbocycles. The quantitative estimate of drug-likeness (QED) is 0.0493. The average molecular weight is 683 g/mol. The highest BCUT2D eigenvalue weighted by molar-refractivity contribution is 7.85. The molecule has 4 N–H and O–H groups in total. The third-order valence-corrected chi connectivity index (χ3v) is 8.94. The molecule has 1 rings (SSSR count). The van der Waals surface area contributed by atoms with Crippen molar-refractivity contribution >= 4 is 22.1 Å². The lowest BCUT2D eigenvalue weighted by molar-refractivity contribution is -0.297. The van der Waals surface area contributed by atoms with E-state index in [1.165, 1.54) is 64.2 Å². The molecular weight excluding hydrogens is 620 g/mol. The summed E-state index contributed by atoms with van der Waals surface area (Å²) < 4.78 is 53.5. The third kappa shape index (κ3) is 20.8. The molecule has 1 aliphatic rings. The second-order valence-corrected chi connectivity index (χ2v) is 14.0. The van der Waals surface area contributed by atoms with E-state index in [1.54, 1.807) is 0 Å². The summed E-state index contributed by atoms with van der Waals surface area (Å²) >= 11 is 0. The molecule has 272 valence electrons. The normalized spacial score (nSPS) is 22.4. The summed E-state index contributed by atoms with van der Waals surface area (Å²) in [7, 11) is -4.59. The van der Waals surface area contributed by atoms with Gasteiger partial charge in [-0.1, -0.05) is 117 Å². The van der Waals surface area contributed by atoms with E-state index in [4.69, 9.17) is 23.5 Å². The lowest BCUT2D eigenvalue weighted by atomic mass is 10.00. The third-order valence-electron chi connectivity index (χ3n) is 8.19. The molecule has 0 amide bonds. The van der Waals surface area contributed by atoms with Crippen LogP contribution >= 0.6 is 0 Å². The zero-order chi connectivity index (χ0) is 34.2. The summed E-state index contributed by atoms with van der Waals surface area (Å²) in [5.74, 6) is -1.98. The van der Waals surface area contributed by atoms with Gasteiger partial charge in [-0.15, -0.1) is 0 Å². The fourth-order valence-electron chi connectivity index (χ4n) is 5.38. The van der Waals surface area contributed by atoms with Crippen LogP contribution in [0.15, 0.2) is 0 Å². The fraction of sp³-hybridized carbons (Fsp3) is 0.939. The summed E-state index contributed by atoms with van der Waals surface area (Å²) in [6.45, 7) is 3.66. The molecular formula is C33H62O12S. The number of aliphatic hydroxyl groups excluding tert-OH is 3. The maximum absolute atomic E-state index is 12.6. The molecule has 0 aromatic rings. The number of unbranched alkanes of at least 4 members (excludes halogenated alkanes) is 16. The predicted molar refractivity (Wildman–Crippen MR) is 174 cm³/mol. The van der Waals surface area contributed by atoms with E-state index >= 15 is 0 Å². The molecule has 12 nitrogen and oxygen atoms in total. The minimum atomic E-state index is -4.59. The Balaban J connectivity index is 2.57. The van der Waals surface area contributed by atoms with Crippen molar-refractivity contribution in [2.75, 3.05) is 19.0 Å². The number of esters is 2. The molecule has 1 fully saturated rings. The second-order valence-electron chi connectivity index (χ2n) is 12.5. The van der Waals surface area contributed by atoms with Crippen LogP contribution in [-0.2, 0) is 38.7 Å². The molecule has 6 atom stereocenters. The van der Waals surface area contributed by atoms with Gasteiger partial charge in [0.05, 0.1) is 6.61 Å². The Bertz CT molecular complexity index is 899. The number of ether oxygens (including phenoxy) is 4. The van der Waals surface area contributed by atoms with Crippen molar-refractivity contribution in [3.05, 3.63) is 0 Å². The summed E-state index contributed by atoms with van der Waals surface area (Å²) in [6, 6.07) is 0. The maximum atomic E-state index is 12.6. The highest BCUT2D eigenvalue weighted by Gasteiger charge is 2.46. The molecule has 1 aliphatic heterocycles. The van der Waals surface area contributed by atoms with E-state index in [0.717, 1.165) is 38.5 Å². The van der Waals surface area contributed by atoms with Crippen molar-refractivity contribution in [3.8, 4) is 0 Å². The van der Waals surface area contributed by atoms with Gasteiger partial charge in [0.1, 0.15) is 36.8 Å². The highest BCUT2D eigenvalue weighted by atomic mass is 32.2. The number of carbonyl (C=O) groups excluding carboxylic acids is 2. The Morgan fingerprint density at radius 2 is 1.11 bits per heavy atom. The fourth-order valence-corrected chi connectivity index (χ4v) is 6.07. The van der Waals surface area contributed by atoms with Gasteiger partial charge in [0.25, 0.3) is 10.1 Å². The lowest BCUT2D eigenvalue weighted by Crippen LogP contribution is -2.60. The van der Waals surface area contributed by atoms with Crippen molar-refractivity contribution < 1.29 is 56.8 Å². The summed E-state index contributed by atoms with van der Waals surface area (Å²) in [5, 5.41) is 30.6. The van der Waals surface area contributed by atoms with Crippen molar-refractivity contribution in [2.24, 2.45) is 0 Å². The SMILES string of the molecule is CCCCCCCCCCCCCC(=O)O[C@H](COC(=O)CCCCCCCCC)CO[C@H]1O[C@H](CS(=O)(=O)O)[C@@H](O)C(O)C1O. The van der Waals surface area contributed by atoms with Crippen LogP contribution in [0, 0.1) is 0 Å². The Labute approximate surface area is 276 Å². The molecule has 0 aromatic carbocycles. The van der Waals surface area contributed by atoms with Crippen LogP contribution in [0.4, 0.5) is 0 Å². The van der Waals surface area contributed by atoms with Crippen LogP contribution in [0.2, 0.25) is 0 Å². The summed E-state index contributed by atoms with van der Waals surface area (Å²) in [5.41, 5.74) is 0. The van der Waals surface area contributed by atoms with E-state index in [1.807, 2.05) is 0 Å². The largest absolute Gasteiger partial charge is 0.462 e. The van der Waals surface area contributed by atoms with Crippen molar-refractivity contribution in [1.29, 1.82) is 0 Å². The van der Waals surface area contributed by atoms with E-state index in [2.05, 4.69) is 13.8 Å². The monoisotopic (exact) mass is 682 g/mol. The minimum Gasteiger partial charge on any atom is -0.462 e. The molecule has 0 spiro atoms. The van der Waals surface area contributed by atoms with Crippen LogP contribution in [0.5, 0.6) is 0 Å². The Morgan fingerprint density at radius 1 is 0.652 bits per heavy atom. The van der Waals surface area contributed by atoms with Crippen molar-refractivity contribution in [2.45, 2.75) is 179 Å². The van der Waals surface area contributed by atoms with Crippen LogP contribution in [0.3, 0.4) is 0 Å².